The first-order chi connectivity index (χ1) is 9.63. The zero-order chi connectivity index (χ0) is 14.1. The van der Waals surface area contributed by atoms with Crippen LogP contribution in [0.3, 0.4) is 0 Å². The highest BCUT2D eigenvalue weighted by Gasteiger charge is 2.09. The van der Waals surface area contributed by atoms with Crippen LogP contribution in [-0.2, 0) is 5.75 Å². The monoisotopic (exact) mass is 325 g/mol. The summed E-state index contributed by atoms with van der Waals surface area (Å²) in [6.45, 7) is 0. The van der Waals surface area contributed by atoms with Crippen molar-refractivity contribution in [1.82, 2.24) is 9.97 Å². The third-order valence-corrected chi connectivity index (χ3v) is 4.64. The average Bonchev–Trinajstić information content (AvgIpc) is 2.86. The standard InChI is InChI=1S/C13H9ClFN3S2/c14-8-2-1-7(10(15)5-8)6-20-13-17-11(16)9-3-4-19-12(9)18-13/h1-5H,6H2,(H2,16,17,18). The molecule has 3 aromatic rings. The second-order valence-electron chi connectivity index (χ2n) is 4.06. The van der Waals surface area contributed by atoms with Gasteiger partial charge in [0, 0.05) is 10.8 Å². The van der Waals surface area contributed by atoms with Crippen LogP contribution in [-0.4, -0.2) is 9.97 Å². The maximum Gasteiger partial charge on any atom is 0.191 e. The van der Waals surface area contributed by atoms with Crippen LogP contribution in [0.2, 0.25) is 5.02 Å². The number of nitrogen functional groups attached to an aromatic ring is 1. The fraction of sp³-hybridized carbons (Fsp3) is 0.0769. The number of thiophene rings is 1. The number of fused-ring (bicyclic) bond motifs is 1. The van der Waals surface area contributed by atoms with Gasteiger partial charge in [-0.2, -0.15) is 0 Å². The fourth-order valence-corrected chi connectivity index (χ4v) is 3.53. The van der Waals surface area contributed by atoms with Gasteiger partial charge in [0.25, 0.3) is 0 Å². The van der Waals surface area contributed by atoms with E-state index in [0.29, 0.717) is 27.3 Å². The summed E-state index contributed by atoms with van der Waals surface area (Å²) in [5.74, 6) is 0.560. The topological polar surface area (TPSA) is 51.8 Å². The van der Waals surface area contributed by atoms with E-state index in [0.717, 1.165) is 10.2 Å². The Morgan fingerprint density at radius 2 is 2.15 bits per heavy atom. The quantitative estimate of drug-likeness (QED) is 0.574. The number of nitrogens with zero attached hydrogens (tertiary/aromatic N) is 2. The van der Waals surface area contributed by atoms with Gasteiger partial charge < -0.3 is 5.73 Å². The predicted octanol–water partition coefficient (Wildman–Crippen LogP) is 4.36. The molecule has 7 heteroatoms. The zero-order valence-corrected chi connectivity index (χ0v) is 12.5. The molecule has 2 aromatic heterocycles. The van der Waals surface area contributed by atoms with E-state index < -0.39 is 0 Å². The molecule has 20 heavy (non-hydrogen) atoms. The van der Waals surface area contributed by atoms with Gasteiger partial charge in [-0.15, -0.1) is 11.3 Å². The largest absolute Gasteiger partial charge is 0.383 e. The molecule has 0 unspecified atom stereocenters. The minimum atomic E-state index is -0.324. The Kier molecular flexibility index (Phi) is 3.78. The van der Waals surface area contributed by atoms with Gasteiger partial charge in [-0.05, 0) is 29.1 Å². The van der Waals surface area contributed by atoms with E-state index in [9.17, 15) is 4.39 Å². The van der Waals surface area contributed by atoms with Gasteiger partial charge in [-0.25, -0.2) is 14.4 Å². The number of anilines is 1. The summed E-state index contributed by atoms with van der Waals surface area (Å²) < 4.78 is 13.7. The summed E-state index contributed by atoms with van der Waals surface area (Å²) in [5, 5.41) is 3.71. The van der Waals surface area contributed by atoms with Crippen molar-refractivity contribution in [2.75, 3.05) is 5.73 Å². The minimum absolute atomic E-state index is 0.324. The van der Waals surface area contributed by atoms with Crippen molar-refractivity contribution < 1.29 is 4.39 Å². The Morgan fingerprint density at radius 3 is 2.95 bits per heavy atom. The normalized spacial score (nSPS) is 11.1. The Hall–Kier alpha value is -1.37. The zero-order valence-electron chi connectivity index (χ0n) is 10.1. The molecule has 3 nitrogen and oxygen atoms in total. The van der Waals surface area contributed by atoms with E-state index in [1.807, 2.05) is 11.4 Å². The number of hydrogen-bond donors (Lipinski definition) is 1. The maximum atomic E-state index is 13.7. The second kappa shape index (κ2) is 5.55. The van der Waals surface area contributed by atoms with Gasteiger partial charge in [0.05, 0.1) is 5.39 Å². The first kappa shape index (κ1) is 13.6. The number of halogens is 2. The van der Waals surface area contributed by atoms with Gasteiger partial charge >= 0.3 is 0 Å². The van der Waals surface area contributed by atoms with Crippen molar-refractivity contribution in [3.63, 3.8) is 0 Å². The van der Waals surface area contributed by atoms with E-state index in [1.54, 1.807) is 12.1 Å². The first-order valence-corrected chi connectivity index (χ1v) is 7.95. The van der Waals surface area contributed by atoms with Crippen LogP contribution in [0.25, 0.3) is 10.2 Å². The number of aromatic nitrogens is 2. The molecule has 0 aliphatic heterocycles. The molecule has 0 spiro atoms. The van der Waals surface area contributed by atoms with Gasteiger partial charge in [0.15, 0.2) is 5.16 Å². The molecule has 0 saturated heterocycles. The molecule has 0 aliphatic rings. The first-order valence-electron chi connectivity index (χ1n) is 5.71. The van der Waals surface area contributed by atoms with E-state index in [1.165, 1.54) is 29.2 Å². The molecule has 102 valence electrons. The van der Waals surface area contributed by atoms with Gasteiger partial charge in [-0.1, -0.05) is 29.4 Å². The van der Waals surface area contributed by atoms with E-state index >= 15 is 0 Å². The van der Waals surface area contributed by atoms with Crippen molar-refractivity contribution in [3.05, 3.63) is 46.0 Å². The highest BCUT2D eigenvalue weighted by Crippen LogP contribution is 2.28. The molecule has 0 saturated carbocycles. The number of thioether (sulfide) groups is 1. The van der Waals surface area contributed by atoms with Gasteiger partial charge in [-0.3, -0.25) is 0 Å². The van der Waals surface area contributed by atoms with Crippen LogP contribution in [0.15, 0.2) is 34.8 Å². The van der Waals surface area contributed by atoms with Crippen molar-refractivity contribution in [2.24, 2.45) is 0 Å². The van der Waals surface area contributed by atoms with E-state index in [2.05, 4.69) is 9.97 Å². The van der Waals surface area contributed by atoms with Crippen molar-refractivity contribution in [1.29, 1.82) is 0 Å². The molecule has 3 rings (SSSR count). The average molecular weight is 326 g/mol. The third kappa shape index (κ3) is 2.72. The van der Waals surface area contributed by atoms with Crippen LogP contribution in [0.5, 0.6) is 0 Å². The number of benzene rings is 1. The third-order valence-electron chi connectivity index (χ3n) is 2.71. The molecule has 0 fully saturated rings. The summed E-state index contributed by atoms with van der Waals surface area (Å²) in [6, 6.07) is 6.52. The van der Waals surface area contributed by atoms with Crippen LogP contribution >= 0.6 is 34.7 Å². The van der Waals surface area contributed by atoms with Crippen LogP contribution < -0.4 is 5.73 Å². The molecular formula is C13H9ClFN3S2. The smallest absolute Gasteiger partial charge is 0.191 e. The number of nitrogens with two attached hydrogens (primary N) is 1. The number of hydrogen-bond acceptors (Lipinski definition) is 5. The second-order valence-corrected chi connectivity index (χ2v) is 6.33. The summed E-state index contributed by atoms with van der Waals surface area (Å²) in [7, 11) is 0. The molecule has 0 bridgehead atoms. The summed E-state index contributed by atoms with van der Waals surface area (Å²) in [5.41, 5.74) is 6.43. The highest BCUT2D eigenvalue weighted by molar-refractivity contribution is 7.98. The lowest BCUT2D eigenvalue weighted by molar-refractivity contribution is 0.617. The lowest BCUT2D eigenvalue weighted by atomic mass is 10.2. The molecule has 2 N–H and O–H groups in total. The summed E-state index contributed by atoms with van der Waals surface area (Å²) in [4.78, 5) is 9.47. The molecule has 0 amide bonds. The molecule has 0 radical (unpaired) electrons. The van der Waals surface area contributed by atoms with Gasteiger partial charge in [0.2, 0.25) is 0 Å². The Morgan fingerprint density at radius 1 is 1.30 bits per heavy atom. The summed E-state index contributed by atoms with van der Waals surface area (Å²) in [6.07, 6.45) is 0. The van der Waals surface area contributed by atoms with Crippen molar-refractivity contribution >= 4 is 50.7 Å². The maximum absolute atomic E-state index is 13.7. The molecule has 0 aliphatic carbocycles. The minimum Gasteiger partial charge on any atom is -0.383 e. The molecule has 0 atom stereocenters. The lowest BCUT2D eigenvalue weighted by Gasteiger charge is -2.04. The van der Waals surface area contributed by atoms with E-state index in [-0.39, 0.29) is 5.82 Å². The number of rotatable bonds is 3. The highest BCUT2D eigenvalue weighted by atomic mass is 35.5. The van der Waals surface area contributed by atoms with E-state index in [4.69, 9.17) is 17.3 Å². The van der Waals surface area contributed by atoms with Crippen molar-refractivity contribution in [3.8, 4) is 0 Å². The molecule has 2 heterocycles. The fourth-order valence-electron chi connectivity index (χ4n) is 1.70. The SMILES string of the molecule is Nc1nc(SCc2ccc(Cl)cc2F)nc2sccc12. The summed E-state index contributed by atoms with van der Waals surface area (Å²) >= 11 is 8.57. The van der Waals surface area contributed by atoms with Crippen LogP contribution in [0.1, 0.15) is 5.56 Å². The lowest BCUT2D eigenvalue weighted by Crippen LogP contribution is -1.95. The van der Waals surface area contributed by atoms with Gasteiger partial charge in [0.1, 0.15) is 16.5 Å². The predicted molar refractivity (Wildman–Crippen MR) is 82.8 cm³/mol. The Labute approximate surface area is 128 Å². The Bertz CT molecular complexity index is 775. The van der Waals surface area contributed by atoms with Crippen molar-refractivity contribution in [2.45, 2.75) is 10.9 Å². The van der Waals surface area contributed by atoms with Crippen LogP contribution in [0, 0.1) is 5.82 Å². The van der Waals surface area contributed by atoms with Crippen LogP contribution in [0.4, 0.5) is 10.2 Å². The molecular weight excluding hydrogens is 317 g/mol. The molecule has 1 aromatic carbocycles. The Balaban J connectivity index is 1.82.